The predicted molar refractivity (Wildman–Crippen MR) is 69.0 cm³/mol. The normalized spacial score (nSPS) is 21.4. The molecule has 2 unspecified atom stereocenters. The van der Waals surface area contributed by atoms with E-state index in [4.69, 9.17) is 9.84 Å². The van der Waals surface area contributed by atoms with Gasteiger partial charge in [0.05, 0.1) is 6.10 Å². The van der Waals surface area contributed by atoms with Crippen molar-refractivity contribution in [3.05, 3.63) is 30.1 Å². The van der Waals surface area contributed by atoms with E-state index in [0.717, 1.165) is 0 Å². The van der Waals surface area contributed by atoms with Crippen molar-refractivity contribution in [3.8, 4) is 0 Å². The summed E-state index contributed by atoms with van der Waals surface area (Å²) >= 11 is 0. The van der Waals surface area contributed by atoms with Gasteiger partial charge in [-0.1, -0.05) is 0 Å². The number of carbonyl (C=O) groups is 2. The number of nitrogens with one attached hydrogen (secondary N) is 2. The van der Waals surface area contributed by atoms with Gasteiger partial charge in [-0.3, -0.25) is 0 Å². The molecule has 3 N–H and O–H groups in total. The number of halogens is 1. The Hall–Kier alpha value is -2.15. The van der Waals surface area contributed by atoms with Crippen molar-refractivity contribution < 1.29 is 23.8 Å². The van der Waals surface area contributed by atoms with E-state index in [9.17, 15) is 14.0 Å². The highest BCUT2D eigenvalue weighted by Gasteiger charge is 2.30. The van der Waals surface area contributed by atoms with Crippen LogP contribution in [-0.2, 0) is 9.53 Å². The van der Waals surface area contributed by atoms with E-state index < -0.39 is 18.1 Å². The third-order valence-corrected chi connectivity index (χ3v) is 2.98. The third kappa shape index (κ3) is 3.92. The van der Waals surface area contributed by atoms with Crippen LogP contribution in [0.1, 0.15) is 12.8 Å². The second-order valence-corrected chi connectivity index (χ2v) is 4.50. The standard InChI is InChI=1S/C13H15FN2O4/c14-8-1-3-9(4-2-8)16-13(19)15-7-10-5-6-11(20-10)12(17)18/h1-4,10-11H,5-7H2,(H,17,18)(H2,15,16,19). The van der Waals surface area contributed by atoms with Crippen LogP contribution < -0.4 is 10.6 Å². The summed E-state index contributed by atoms with van der Waals surface area (Å²) < 4.78 is 17.9. The second-order valence-electron chi connectivity index (χ2n) is 4.50. The Morgan fingerprint density at radius 2 is 2.00 bits per heavy atom. The number of hydrogen-bond donors (Lipinski definition) is 3. The highest BCUT2D eigenvalue weighted by Crippen LogP contribution is 2.19. The highest BCUT2D eigenvalue weighted by molar-refractivity contribution is 5.89. The number of urea groups is 1. The zero-order valence-corrected chi connectivity index (χ0v) is 10.6. The lowest BCUT2D eigenvalue weighted by atomic mass is 10.2. The fourth-order valence-corrected chi connectivity index (χ4v) is 1.95. The molecular formula is C13H15FN2O4. The minimum atomic E-state index is -0.983. The Labute approximate surface area is 114 Å². The van der Waals surface area contributed by atoms with Gasteiger partial charge in [-0.25, -0.2) is 14.0 Å². The molecule has 1 aliphatic heterocycles. The molecule has 0 bridgehead atoms. The van der Waals surface area contributed by atoms with E-state index in [1.807, 2.05) is 0 Å². The van der Waals surface area contributed by atoms with Crippen LogP contribution >= 0.6 is 0 Å². The van der Waals surface area contributed by atoms with Gasteiger partial charge in [0.15, 0.2) is 6.10 Å². The van der Waals surface area contributed by atoms with Crippen LogP contribution in [0.4, 0.5) is 14.9 Å². The molecular weight excluding hydrogens is 267 g/mol. The summed E-state index contributed by atoms with van der Waals surface area (Å²) in [5.74, 6) is -1.36. The first-order valence-electron chi connectivity index (χ1n) is 6.23. The molecule has 1 fully saturated rings. The summed E-state index contributed by atoms with van der Waals surface area (Å²) in [7, 11) is 0. The van der Waals surface area contributed by atoms with Crippen LogP contribution in [0.3, 0.4) is 0 Å². The molecule has 0 radical (unpaired) electrons. The first kappa shape index (κ1) is 14.3. The van der Waals surface area contributed by atoms with Crippen molar-refractivity contribution in [2.45, 2.75) is 25.0 Å². The molecule has 1 aliphatic rings. The van der Waals surface area contributed by atoms with Crippen molar-refractivity contribution in [3.63, 3.8) is 0 Å². The minimum Gasteiger partial charge on any atom is -0.479 e. The maximum atomic E-state index is 12.7. The summed E-state index contributed by atoms with van der Waals surface area (Å²) in [5, 5.41) is 13.9. The maximum absolute atomic E-state index is 12.7. The largest absolute Gasteiger partial charge is 0.479 e. The van der Waals surface area contributed by atoms with Gasteiger partial charge in [-0.15, -0.1) is 0 Å². The highest BCUT2D eigenvalue weighted by atomic mass is 19.1. The van der Waals surface area contributed by atoms with E-state index >= 15 is 0 Å². The molecule has 0 spiro atoms. The van der Waals surface area contributed by atoms with E-state index in [2.05, 4.69) is 10.6 Å². The van der Waals surface area contributed by atoms with Gasteiger partial charge in [0.25, 0.3) is 0 Å². The summed E-state index contributed by atoms with van der Waals surface area (Å²) in [6, 6.07) is 4.93. The maximum Gasteiger partial charge on any atom is 0.332 e. The number of benzene rings is 1. The van der Waals surface area contributed by atoms with Gasteiger partial charge in [-0.05, 0) is 37.1 Å². The van der Waals surface area contributed by atoms with E-state index in [1.54, 1.807) is 0 Å². The summed E-state index contributed by atoms with van der Waals surface area (Å²) in [4.78, 5) is 22.3. The molecule has 1 aromatic carbocycles. The predicted octanol–water partition coefficient (Wildman–Crippen LogP) is 1.58. The molecule has 7 heteroatoms. The number of amides is 2. The van der Waals surface area contributed by atoms with Gasteiger partial charge in [-0.2, -0.15) is 0 Å². The molecule has 0 saturated carbocycles. The van der Waals surface area contributed by atoms with Crippen molar-refractivity contribution in [1.82, 2.24) is 5.32 Å². The van der Waals surface area contributed by atoms with Crippen LogP contribution in [0.2, 0.25) is 0 Å². The molecule has 1 aromatic rings. The average molecular weight is 282 g/mol. The molecule has 2 amide bonds. The lowest BCUT2D eigenvalue weighted by Crippen LogP contribution is -2.35. The van der Waals surface area contributed by atoms with Gasteiger partial charge in [0, 0.05) is 12.2 Å². The Morgan fingerprint density at radius 3 is 2.60 bits per heavy atom. The fraction of sp³-hybridized carbons (Fsp3) is 0.385. The molecule has 1 saturated heterocycles. The van der Waals surface area contributed by atoms with Crippen LogP contribution in [0.5, 0.6) is 0 Å². The number of carbonyl (C=O) groups excluding carboxylic acids is 1. The van der Waals surface area contributed by atoms with Crippen molar-refractivity contribution in [1.29, 1.82) is 0 Å². The number of aliphatic carboxylic acids is 1. The number of ether oxygens (including phenoxy) is 1. The summed E-state index contributed by atoms with van der Waals surface area (Å²) in [6.07, 6.45) is -0.0493. The Bertz CT molecular complexity index is 492. The molecule has 6 nitrogen and oxygen atoms in total. The SMILES string of the molecule is O=C(NCC1CCC(C(=O)O)O1)Nc1ccc(F)cc1. The van der Waals surface area contributed by atoms with E-state index in [0.29, 0.717) is 18.5 Å². The van der Waals surface area contributed by atoms with Crippen molar-refractivity contribution in [2.75, 3.05) is 11.9 Å². The second kappa shape index (κ2) is 6.33. The quantitative estimate of drug-likeness (QED) is 0.782. The number of hydrogen-bond acceptors (Lipinski definition) is 3. The first-order chi connectivity index (χ1) is 9.54. The molecule has 0 aliphatic carbocycles. The van der Waals surface area contributed by atoms with Crippen LogP contribution in [-0.4, -0.2) is 35.9 Å². The summed E-state index contributed by atoms with van der Waals surface area (Å²) in [6.45, 7) is 0.233. The molecule has 20 heavy (non-hydrogen) atoms. The number of carboxylic acid groups (broad SMARTS) is 1. The van der Waals surface area contributed by atoms with Crippen LogP contribution in [0.25, 0.3) is 0 Å². The van der Waals surface area contributed by atoms with E-state index in [1.165, 1.54) is 24.3 Å². The molecule has 2 atom stereocenters. The third-order valence-electron chi connectivity index (χ3n) is 2.98. The van der Waals surface area contributed by atoms with Crippen molar-refractivity contribution in [2.24, 2.45) is 0 Å². The zero-order chi connectivity index (χ0) is 14.5. The lowest BCUT2D eigenvalue weighted by Gasteiger charge is -2.13. The molecule has 2 rings (SSSR count). The monoisotopic (exact) mass is 282 g/mol. The molecule has 1 heterocycles. The Kier molecular flexibility index (Phi) is 4.52. The van der Waals surface area contributed by atoms with Gasteiger partial charge in [0.1, 0.15) is 5.82 Å². The van der Waals surface area contributed by atoms with Crippen LogP contribution in [0, 0.1) is 5.82 Å². The summed E-state index contributed by atoms with van der Waals surface area (Å²) in [5.41, 5.74) is 0.472. The van der Waals surface area contributed by atoms with Gasteiger partial charge >= 0.3 is 12.0 Å². The number of carboxylic acids is 1. The van der Waals surface area contributed by atoms with E-state index in [-0.39, 0.29) is 18.5 Å². The van der Waals surface area contributed by atoms with Crippen LogP contribution in [0.15, 0.2) is 24.3 Å². The van der Waals surface area contributed by atoms with Gasteiger partial charge < -0.3 is 20.5 Å². The van der Waals surface area contributed by atoms with Crippen molar-refractivity contribution >= 4 is 17.7 Å². The first-order valence-corrected chi connectivity index (χ1v) is 6.23. The minimum absolute atomic E-state index is 0.233. The smallest absolute Gasteiger partial charge is 0.332 e. The molecule has 0 aromatic heterocycles. The van der Waals surface area contributed by atoms with Gasteiger partial charge in [0.2, 0.25) is 0 Å². The molecule has 108 valence electrons. The topological polar surface area (TPSA) is 87.7 Å². The number of anilines is 1. The lowest BCUT2D eigenvalue weighted by molar-refractivity contribution is -0.149. The number of rotatable bonds is 4. The average Bonchev–Trinajstić information content (AvgIpc) is 2.88. The fourth-order valence-electron chi connectivity index (χ4n) is 1.95. The Balaban J connectivity index is 1.73. The zero-order valence-electron chi connectivity index (χ0n) is 10.6. The Morgan fingerprint density at radius 1 is 1.30 bits per heavy atom.